The lowest BCUT2D eigenvalue weighted by atomic mass is 9.99. The molecule has 11 heteroatoms. The molecule has 6 N–H and O–H groups in total. The minimum Gasteiger partial charge on any atom is -0.454 e. The van der Waals surface area contributed by atoms with Gasteiger partial charge in [-0.15, -0.1) is 0 Å². The van der Waals surface area contributed by atoms with Crippen LogP contribution in [-0.2, 0) is 23.8 Å². The van der Waals surface area contributed by atoms with E-state index in [4.69, 9.17) is 14.2 Å². The van der Waals surface area contributed by atoms with Crippen molar-refractivity contribution < 1.29 is 49.3 Å². The number of aliphatic hydroxyl groups excluding tert-OH is 5. The van der Waals surface area contributed by atoms with Crippen LogP contribution in [-0.4, -0.2) is 99.6 Å². The molecule has 0 aromatic carbocycles. The molecule has 440 valence electrons. The number of unbranched alkanes of at least 4 members (excludes halogenated alkanes) is 37. The first kappa shape index (κ1) is 70.9. The van der Waals surface area contributed by atoms with Gasteiger partial charge in [0.05, 0.1) is 25.4 Å². The molecule has 8 unspecified atom stereocenters. The van der Waals surface area contributed by atoms with Gasteiger partial charge < -0.3 is 45.1 Å². The van der Waals surface area contributed by atoms with Crippen molar-refractivity contribution in [3.05, 3.63) is 36.5 Å². The Morgan fingerprint density at radius 3 is 1.36 bits per heavy atom. The lowest BCUT2D eigenvalue weighted by Gasteiger charge is -2.41. The van der Waals surface area contributed by atoms with Crippen molar-refractivity contribution >= 4 is 11.9 Å². The summed E-state index contributed by atoms with van der Waals surface area (Å²) in [5.41, 5.74) is 0. The molecule has 11 nitrogen and oxygen atoms in total. The van der Waals surface area contributed by atoms with E-state index in [1.807, 2.05) is 6.08 Å². The molecule has 8 atom stereocenters. The maximum Gasteiger partial charge on any atom is 0.306 e. The van der Waals surface area contributed by atoms with Crippen LogP contribution in [0.25, 0.3) is 0 Å². The van der Waals surface area contributed by atoms with Crippen molar-refractivity contribution in [1.82, 2.24) is 5.32 Å². The van der Waals surface area contributed by atoms with E-state index in [-0.39, 0.29) is 19.4 Å². The summed E-state index contributed by atoms with van der Waals surface area (Å²) in [6.07, 6.45) is 51.9. The van der Waals surface area contributed by atoms with Gasteiger partial charge in [0.15, 0.2) is 12.4 Å². The zero-order valence-corrected chi connectivity index (χ0v) is 48.7. The van der Waals surface area contributed by atoms with Crippen LogP contribution in [0.5, 0.6) is 0 Å². The number of ether oxygens (including phenoxy) is 3. The Balaban J connectivity index is 2.62. The molecule has 1 amide bonds. The van der Waals surface area contributed by atoms with Gasteiger partial charge in [-0.2, -0.15) is 0 Å². The molecule has 0 aromatic rings. The Bertz CT molecular complexity index is 1360. The van der Waals surface area contributed by atoms with Gasteiger partial charge >= 0.3 is 5.97 Å². The fourth-order valence-electron chi connectivity index (χ4n) is 10.00. The third kappa shape index (κ3) is 40.7. The first-order chi connectivity index (χ1) is 36.7. The van der Waals surface area contributed by atoms with Crippen LogP contribution in [0.2, 0.25) is 0 Å². The average Bonchev–Trinajstić information content (AvgIpc) is 3.41. The maximum atomic E-state index is 13.4. The number of carbonyl (C=O) groups excluding carboxylic acids is 2. The van der Waals surface area contributed by atoms with Crippen molar-refractivity contribution in [3.8, 4) is 0 Å². The van der Waals surface area contributed by atoms with Crippen LogP contribution < -0.4 is 5.32 Å². The van der Waals surface area contributed by atoms with Gasteiger partial charge in [-0.25, -0.2) is 0 Å². The summed E-state index contributed by atoms with van der Waals surface area (Å²) in [5.74, 6) is -1.20. The largest absolute Gasteiger partial charge is 0.454 e. The van der Waals surface area contributed by atoms with Crippen LogP contribution in [0.4, 0.5) is 0 Å². The Hall–Kier alpha value is -2.12. The quantitative estimate of drug-likeness (QED) is 0.0149. The van der Waals surface area contributed by atoms with E-state index in [2.05, 4.69) is 50.4 Å². The van der Waals surface area contributed by atoms with E-state index < -0.39 is 67.4 Å². The summed E-state index contributed by atoms with van der Waals surface area (Å²) >= 11 is 0. The number of carbonyl (C=O) groups is 2. The van der Waals surface area contributed by atoms with Crippen molar-refractivity contribution in [2.24, 2.45) is 0 Å². The SMILES string of the molecule is CCCCC/C=C/C=C/CCCCCCCC(O)C(=O)NC(COC1OC(CO)C(O)C(O)C1OC(=O)CCCCCCCCCCCCCCCCCCCCCCC)C(O)/C=C/CCCCCCCCCCC. The number of hydrogen-bond donors (Lipinski definition) is 6. The Kier molecular flexibility index (Phi) is 49.7. The Morgan fingerprint density at radius 2 is 0.907 bits per heavy atom. The molecule has 0 radical (unpaired) electrons. The van der Waals surface area contributed by atoms with Crippen LogP contribution in [0.1, 0.15) is 297 Å². The zero-order valence-electron chi connectivity index (χ0n) is 48.7. The van der Waals surface area contributed by atoms with Gasteiger partial charge in [0.25, 0.3) is 0 Å². The van der Waals surface area contributed by atoms with E-state index in [9.17, 15) is 35.1 Å². The Morgan fingerprint density at radius 1 is 0.520 bits per heavy atom. The van der Waals surface area contributed by atoms with Crippen molar-refractivity contribution in [2.45, 2.75) is 346 Å². The molecule has 0 aliphatic carbocycles. The van der Waals surface area contributed by atoms with Gasteiger partial charge in [0, 0.05) is 6.42 Å². The van der Waals surface area contributed by atoms with Crippen LogP contribution in [0.3, 0.4) is 0 Å². The van der Waals surface area contributed by atoms with Crippen molar-refractivity contribution in [2.75, 3.05) is 13.2 Å². The summed E-state index contributed by atoms with van der Waals surface area (Å²) in [7, 11) is 0. The predicted octanol–water partition coefficient (Wildman–Crippen LogP) is 15.1. The lowest BCUT2D eigenvalue weighted by molar-refractivity contribution is -0.305. The molecule has 0 aromatic heterocycles. The molecule has 75 heavy (non-hydrogen) atoms. The molecule has 1 saturated heterocycles. The summed E-state index contributed by atoms with van der Waals surface area (Å²) in [5, 5.41) is 56.9. The van der Waals surface area contributed by atoms with E-state index in [1.54, 1.807) is 6.08 Å². The molecular weight excluding hydrogens is 943 g/mol. The van der Waals surface area contributed by atoms with E-state index in [1.165, 1.54) is 173 Å². The molecule has 0 bridgehead atoms. The minimum absolute atomic E-state index is 0.127. The van der Waals surface area contributed by atoms with Crippen molar-refractivity contribution in [3.63, 3.8) is 0 Å². The third-order valence-electron chi connectivity index (χ3n) is 15.1. The molecule has 1 rings (SSSR count). The molecule has 1 heterocycles. The van der Waals surface area contributed by atoms with Crippen LogP contribution in [0, 0.1) is 0 Å². The maximum absolute atomic E-state index is 13.4. The summed E-state index contributed by atoms with van der Waals surface area (Å²) in [6.45, 7) is 5.77. The van der Waals surface area contributed by atoms with Gasteiger partial charge in [0.2, 0.25) is 5.91 Å². The van der Waals surface area contributed by atoms with E-state index >= 15 is 0 Å². The summed E-state index contributed by atoms with van der Waals surface area (Å²) in [6, 6.07) is -1.03. The second-order valence-corrected chi connectivity index (χ2v) is 22.2. The van der Waals surface area contributed by atoms with Gasteiger partial charge in [-0.1, -0.05) is 276 Å². The molecular formula is C64H119NO10. The first-order valence-corrected chi connectivity index (χ1v) is 31.8. The lowest BCUT2D eigenvalue weighted by Crippen LogP contribution is -2.61. The second-order valence-electron chi connectivity index (χ2n) is 22.2. The molecule has 1 fully saturated rings. The highest BCUT2D eigenvalue weighted by Crippen LogP contribution is 2.26. The van der Waals surface area contributed by atoms with E-state index in [0.717, 1.165) is 77.0 Å². The van der Waals surface area contributed by atoms with Gasteiger partial charge in [-0.05, 0) is 51.4 Å². The van der Waals surface area contributed by atoms with Crippen LogP contribution >= 0.6 is 0 Å². The number of nitrogens with one attached hydrogen (secondary N) is 1. The first-order valence-electron chi connectivity index (χ1n) is 31.8. The normalized spacial score (nSPS) is 19.4. The van der Waals surface area contributed by atoms with Gasteiger partial charge in [0.1, 0.15) is 24.4 Å². The number of aliphatic hydroxyl groups is 5. The van der Waals surface area contributed by atoms with Gasteiger partial charge in [-0.3, -0.25) is 9.59 Å². The highest BCUT2D eigenvalue weighted by atomic mass is 16.7. The summed E-state index contributed by atoms with van der Waals surface area (Å²) < 4.78 is 17.6. The predicted molar refractivity (Wildman–Crippen MR) is 311 cm³/mol. The molecule has 1 aliphatic heterocycles. The molecule has 1 aliphatic rings. The average molecular weight is 1060 g/mol. The Labute approximate surface area is 460 Å². The standard InChI is InChI=1S/C64H119NO10/c1-4-7-10-13-16-19-22-24-26-27-28-29-30-31-32-34-37-40-43-46-49-52-59(69)75-62-61(71)60(70)58(53-66)74-64(62)73-54-55(56(67)50-47-44-41-38-35-21-18-15-12-9-6-3)65-63(72)57(68)51-48-45-42-39-36-33-25-23-20-17-14-11-8-5-2/h17,20,23,25,47,50,55-58,60-62,64,66-68,70-71H,4-16,18-19,21-22,24,26-46,48-49,51-54H2,1-3H3,(H,65,72)/b20-17+,25-23+,50-47+. The fourth-order valence-corrected chi connectivity index (χ4v) is 10.00. The number of esters is 1. The monoisotopic (exact) mass is 1060 g/mol. The zero-order chi connectivity index (χ0) is 54.7. The number of amides is 1. The third-order valence-corrected chi connectivity index (χ3v) is 15.1. The summed E-state index contributed by atoms with van der Waals surface area (Å²) in [4.78, 5) is 26.5. The molecule has 0 spiro atoms. The van der Waals surface area contributed by atoms with Crippen molar-refractivity contribution in [1.29, 1.82) is 0 Å². The molecule has 0 saturated carbocycles. The fraction of sp³-hybridized carbons (Fsp3) is 0.875. The number of rotatable bonds is 54. The topological polar surface area (TPSA) is 175 Å². The number of allylic oxidation sites excluding steroid dienone is 5. The van der Waals surface area contributed by atoms with Crippen LogP contribution in [0.15, 0.2) is 36.5 Å². The highest BCUT2D eigenvalue weighted by Gasteiger charge is 2.47. The van der Waals surface area contributed by atoms with E-state index in [0.29, 0.717) is 12.8 Å². The highest BCUT2D eigenvalue weighted by molar-refractivity contribution is 5.80. The smallest absolute Gasteiger partial charge is 0.306 e. The number of hydrogen-bond acceptors (Lipinski definition) is 10. The minimum atomic E-state index is -1.61. The second kappa shape index (κ2) is 52.6.